The molecule has 4 N–H and O–H groups in total. The molecule has 2 aliphatic rings. The van der Waals surface area contributed by atoms with Crippen LogP contribution in [0.4, 0.5) is 11.8 Å². The summed E-state index contributed by atoms with van der Waals surface area (Å²) in [5.41, 5.74) is 14.0. The van der Waals surface area contributed by atoms with Crippen LogP contribution in [0.5, 0.6) is 0 Å². The highest BCUT2D eigenvalue weighted by molar-refractivity contribution is 5.92. The van der Waals surface area contributed by atoms with Gasteiger partial charge in [0, 0.05) is 24.7 Å². The number of piperidine rings is 1. The molecule has 7 heteroatoms. The number of aromatic nitrogens is 3. The number of pyridine rings is 1. The molecule has 124 valence electrons. The van der Waals surface area contributed by atoms with Crippen molar-refractivity contribution in [2.24, 2.45) is 0 Å². The molecule has 1 aliphatic heterocycles. The number of fused-ring (bicyclic) bond motifs is 2. The summed E-state index contributed by atoms with van der Waals surface area (Å²) in [5.74, 6) is 0.590. The summed E-state index contributed by atoms with van der Waals surface area (Å²) in [6.07, 6.45) is 5.71. The van der Waals surface area contributed by atoms with Gasteiger partial charge in [0.05, 0.1) is 5.69 Å². The third-order valence-electron chi connectivity index (χ3n) is 5.11. The predicted octanol–water partition coefficient (Wildman–Crippen LogP) is 1.16. The second kappa shape index (κ2) is 5.43. The van der Waals surface area contributed by atoms with Gasteiger partial charge in [-0.25, -0.2) is 15.0 Å². The molecule has 0 radical (unpaired) electrons. The zero-order valence-corrected chi connectivity index (χ0v) is 13.4. The van der Waals surface area contributed by atoms with Crippen molar-refractivity contribution in [1.82, 2.24) is 19.9 Å². The Labute approximate surface area is 140 Å². The quantitative estimate of drug-likeness (QED) is 0.814. The Morgan fingerprint density at radius 2 is 2.08 bits per heavy atom. The Balaban J connectivity index is 1.64. The molecule has 1 aliphatic carbocycles. The Morgan fingerprint density at radius 1 is 1.21 bits per heavy atom. The number of anilines is 2. The number of hydrogen-bond donors (Lipinski definition) is 2. The van der Waals surface area contributed by atoms with E-state index < -0.39 is 0 Å². The van der Waals surface area contributed by atoms with E-state index in [0.29, 0.717) is 24.0 Å². The molecule has 3 heterocycles. The van der Waals surface area contributed by atoms with E-state index in [4.69, 9.17) is 11.5 Å². The van der Waals surface area contributed by atoms with E-state index in [1.54, 1.807) is 18.2 Å². The SMILES string of the molecule is Nc1cccc(C(=O)N2CCCC3(CCc4cnc(N)nc43)C2)n1. The number of nitrogens with zero attached hydrogens (tertiary/aromatic N) is 4. The number of hydrogen-bond acceptors (Lipinski definition) is 6. The van der Waals surface area contributed by atoms with Gasteiger partial charge in [0.2, 0.25) is 5.95 Å². The third-order valence-corrected chi connectivity index (χ3v) is 5.11. The van der Waals surface area contributed by atoms with Crippen LogP contribution in [-0.2, 0) is 11.8 Å². The van der Waals surface area contributed by atoms with Gasteiger partial charge in [-0.05, 0) is 43.4 Å². The Bertz CT molecular complexity index is 803. The van der Waals surface area contributed by atoms with Crippen LogP contribution in [0, 0.1) is 0 Å². The lowest BCUT2D eigenvalue weighted by atomic mass is 9.77. The number of rotatable bonds is 1. The maximum atomic E-state index is 12.8. The Morgan fingerprint density at radius 3 is 2.92 bits per heavy atom. The molecule has 1 saturated heterocycles. The second-order valence-electron chi connectivity index (χ2n) is 6.66. The van der Waals surface area contributed by atoms with Crippen LogP contribution in [0.15, 0.2) is 24.4 Å². The van der Waals surface area contributed by atoms with Crippen molar-refractivity contribution in [3.8, 4) is 0 Å². The highest BCUT2D eigenvalue weighted by Crippen LogP contribution is 2.44. The van der Waals surface area contributed by atoms with Gasteiger partial charge >= 0.3 is 0 Å². The highest BCUT2D eigenvalue weighted by atomic mass is 16.2. The maximum Gasteiger partial charge on any atom is 0.272 e. The maximum absolute atomic E-state index is 12.8. The summed E-state index contributed by atoms with van der Waals surface area (Å²) in [4.78, 5) is 27.5. The highest BCUT2D eigenvalue weighted by Gasteiger charge is 2.44. The van der Waals surface area contributed by atoms with Crippen molar-refractivity contribution in [3.05, 3.63) is 41.3 Å². The van der Waals surface area contributed by atoms with Crippen LogP contribution >= 0.6 is 0 Å². The summed E-state index contributed by atoms with van der Waals surface area (Å²) in [7, 11) is 0. The van der Waals surface area contributed by atoms with E-state index in [1.807, 2.05) is 11.1 Å². The van der Waals surface area contributed by atoms with Gasteiger partial charge in [-0.3, -0.25) is 4.79 Å². The first kappa shape index (κ1) is 14.9. The van der Waals surface area contributed by atoms with Crippen molar-refractivity contribution in [2.75, 3.05) is 24.6 Å². The number of aryl methyl sites for hydroxylation is 1. The van der Waals surface area contributed by atoms with Gasteiger partial charge in [-0.1, -0.05) is 6.07 Å². The van der Waals surface area contributed by atoms with Gasteiger partial charge in [0.15, 0.2) is 0 Å². The molecule has 0 aromatic carbocycles. The summed E-state index contributed by atoms with van der Waals surface area (Å²) < 4.78 is 0. The first-order chi connectivity index (χ1) is 11.6. The van der Waals surface area contributed by atoms with Crippen molar-refractivity contribution in [3.63, 3.8) is 0 Å². The van der Waals surface area contributed by atoms with E-state index in [1.165, 1.54) is 0 Å². The minimum absolute atomic E-state index is 0.0724. The number of carbonyl (C=O) groups excluding carboxylic acids is 1. The molecule has 1 unspecified atom stereocenters. The summed E-state index contributed by atoms with van der Waals surface area (Å²) in [6.45, 7) is 1.37. The molecule has 7 nitrogen and oxygen atoms in total. The van der Waals surface area contributed by atoms with Crippen LogP contribution < -0.4 is 11.5 Å². The lowest BCUT2D eigenvalue weighted by Crippen LogP contribution is -2.48. The first-order valence-electron chi connectivity index (χ1n) is 8.21. The Kier molecular flexibility index (Phi) is 3.37. The van der Waals surface area contributed by atoms with Crippen LogP contribution in [0.2, 0.25) is 0 Å². The molecule has 24 heavy (non-hydrogen) atoms. The lowest BCUT2D eigenvalue weighted by molar-refractivity contribution is 0.0628. The smallest absolute Gasteiger partial charge is 0.272 e. The zero-order valence-electron chi connectivity index (χ0n) is 13.4. The molecule has 1 amide bonds. The minimum Gasteiger partial charge on any atom is -0.384 e. The van der Waals surface area contributed by atoms with Crippen molar-refractivity contribution >= 4 is 17.7 Å². The molecule has 2 aromatic heterocycles. The minimum atomic E-state index is -0.110. The van der Waals surface area contributed by atoms with Crippen molar-refractivity contribution < 1.29 is 4.79 Å². The summed E-state index contributed by atoms with van der Waals surface area (Å²) in [6, 6.07) is 5.15. The van der Waals surface area contributed by atoms with Crippen molar-refractivity contribution in [1.29, 1.82) is 0 Å². The normalized spacial score (nSPS) is 22.6. The number of amides is 1. The van der Waals surface area contributed by atoms with Crippen LogP contribution in [0.3, 0.4) is 0 Å². The standard InChI is InChI=1S/C17H20N6O/c18-13-4-1-3-12(21-13)15(24)23-8-2-6-17(10-23)7-5-11-9-20-16(19)22-14(11)17/h1,3-4,9H,2,5-8,10H2,(H2,18,21)(H2,19,20,22). The third kappa shape index (κ3) is 2.36. The van der Waals surface area contributed by atoms with Gasteiger partial charge in [-0.15, -0.1) is 0 Å². The molecule has 1 fully saturated rings. The van der Waals surface area contributed by atoms with E-state index in [-0.39, 0.29) is 11.3 Å². The van der Waals surface area contributed by atoms with E-state index >= 15 is 0 Å². The molecule has 1 atom stereocenters. The van der Waals surface area contributed by atoms with Gasteiger partial charge in [0.1, 0.15) is 11.5 Å². The van der Waals surface area contributed by atoms with E-state index in [9.17, 15) is 4.79 Å². The van der Waals surface area contributed by atoms with Crippen LogP contribution in [-0.4, -0.2) is 38.8 Å². The van der Waals surface area contributed by atoms with E-state index in [0.717, 1.165) is 43.5 Å². The van der Waals surface area contributed by atoms with Crippen LogP contribution in [0.1, 0.15) is 41.0 Å². The fourth-order valence-electron chi connectivity index (χ4n) is 3.99. The second-order valence-corrected chi connectivity index (χ2v) is 6.66. The lowest BCUT2D eigenvalue weighted by Gasteiger charge is -2.40. The van der Waals surface area contributed by atoms with Crippen molar-refractivity contribution in [2.45, 2.75) is 31.1 Å². The fourth-order valence-corrected chi connectivity index (χ4v) is 3.99. The van der Waals surface area contributed by atoms with E-state index in [2.05, 4.69) is 15.0 Å². The zero-order chi connectivity index (χ0) is 16.7. The molecule has 0 saturated carbocycles. The van der Waals surface area contributed by atoms with Gasteiger partial charge < -0.3 is 16.4 Å². The fraction of sp³-hybridized carbons (Fsp3) is 0.412. The van der Waals surface area contributed by atoms with Gasteiger partial charge in [0.25, 0.3) is 5.91 Å². The topological polar surface area (TPSA) is 111 Å². The molecular formula is C17H20N6O. The molecule has 4 rings (SSSR count). The number of likely N-dealkylation sites (tertiary alicyclic amines) is 1. The summed E-state index contributed by atoms with van der Waals surface area (Å²) >= 11 is 0. The number of nitrogens with two attached hydrogens (primary N) is 2. The molecular weight excluding hydrogens is 304 g/mol. The average Bonchev–Trinajstić information content (AvgIpc) is 2.92. The monoisotopic (exact) mass is 324 g/mol. The largest absolute Gasteiger partial charge is 0.384 e. The average molecular weight is 324 g/mol. The number of nitrogen functional groups attached to an aromatic ring is 2. The molecule has 0 bridgehead atoms. The van der Waals surface area contributed by atoms with Crippen LogP contribution in [0.25, 0.3) is 0 Å². The van der Waals surface area contributed by atoms with Gasteiger partial charge in [-0.2, -0.15) is 0 Å². The Hall–Kier alpha value is -2.70. The first-order valence-corrected chi connectivity index (χ1v) is 8.21. The predicted molar refractivity (Wildman–Crippen MR) is 90.2 cm³/mol. The molecule has 2 aromatic rings. The molecule has 1 spiro atoms. The number of carbonyl (C=O) groups is 1. The summed E-state index contributed by atoms with van der Waals surface area (Å²) in [5, 5.41) is 0.